The number of carbonyl (C=O) groups is 1. The molecule has 0 fully saturated rings. The van der Waals surface area contributed by atoms with E-state index in [2.05, 4.69) is 5.32 Å². The van der Waals surface area contributed by atoms with Gasteiger partial charge in [-0.25, -0.2) is 12.8 Å². The molecule has 2 rings (SSSR count). The highest BCUT2D eigenvalue weighted by Crippen LogP contribution is 2.17. The average Bonchev–Trinajstić information content (AvgIpc) is 2.58. The fraction of sp³-hybridized carbons (Fsp3) is 0.235. The Morgan fingerprint density at radius 1 is 1.15 bits per heavy atom. The van der Waals surface area contributed by atoms with E-state index < -0.39 is 28.3 Å². The molecule has 26 heavy (non-hydrogen) atoms. The molecular weight excluding hydrogens is 383 g/mol. The number of amides is 1. The quantitative estimate of drug-likeness (QED) is 0.690. The van der Waals surface area contributed by atoms with E-state index in [4.69, 9.17) is 16.3 Å². The molecule has 9 heteroatoms. The van der Waals surface area contributed by atoms with Crippen LogP contribution in [0.15, 0.2) is 48.5 Å². The molecule has 0 aliphatic heterocycles. The van der Waals surface area contributed by atoms with Crippen molar-refractivity contribution in [3.8, 4) is 5.75 Å². The summed E-state index contributed by atoms with van der Waals surface area (Å²) in [5, 5.41) is 3.17. The van der Waals surface area contributed by atoms with Crippen molar-refractivity contribution in [1.29, 1.82) is 0 Å². The minimum atomic E-state index is -3.70. The average molecular weight is 401 g/mol. The lowest BCUT2D eigenvalue weighted by Crippen LogP contribution is -2.41. The Balaban J connectivity index is 1.87. The first-order chi connectivity index (χ1) is 12.3. The van der Waals surface area contributed by atoms with Gasteiger partial charge in [-0.3, -0.25) is 9.10 Å². The second-order valence-electron chi connectivity index (χ2n) is 5.40. The predicted molar refractivity (Wildman–Crippen MR) is 98.5 cm³/mol. The molecule has 140 valence electrons. The van der Waals surface area contributed by atoms with E-state index in [1.54, 1.807) is 24.3 Å². The van der Waals surface area contributed by atoms with Crippen molar-refractivity contribution < 1.29 is 22.3 Å². The van der Waals surface area contributed by atoms with Gasteiger partial charge in [-0.15, -0.1) is 0 Å². The summed E-state index contributed by atoms with van der Waals surface area (Å²) in [5.74, 6) is -0.391. The van der Waals surface area contributed by atoms with Crippen LogP contribution in [0.25, 0.3) is 0 Å². The van der Waals surface area contributed by atoms with Crippen LogP contribution >= 0.6 is 11.6 Å². The van der Waals surface area contributed by atoms with Crippen LogP contribution in [0.3, 0.4) is 0 Å². The highest BCUT2D eigenvalue weighted by molar-refractivity contribution is 7.92. The summed E-state index contributed by atoms with van der Waals surface area (Å²) in [6, 6.07) is 11.6. The molecule has 0 atom stereocenters. The molecule has 0 bridgehead atoms. The Kier molecular flexibility index (Phi) is 6.82. The Hall–Kier alpha value is -2.32. The van der Waals surface area contributed by atoms with Gasteiger partial charge in [0.15, 0.2) is 0 Å². The zero-order chi connectivity index (χ0) is 19.2. The summed E-state index contributed by atoms with van der Waals surface area (Å²) in [4.78, 5) is 12.0. The van der Waals surface area contributed by atoms with E-state index in [1.807, 2.05) is 0 Å². The monoisotopic (exact) mass is 400 g/mol. The summed E-state index contributed by atoms with van der Waals surface area (Å²) >= 11 is 5.77. The molecule has 0 radical (unpaired) electrons. The van der Waals surface area contributed by atoms with Gasteiger partial charge in [0.25, 0.3) is 0 Å². The number of ether oxygens (including phenoxy) is 1. The Morgan fingerprint density at radius 2 is 1.77 bits per heavy atom. The topological polar surface area (TPSA) is 75.7 Å². The maximum atomic E-state index is 13.0. The lowest BCUT2D eigenvalue weighted by atomic mass is 10.3. The van der Waals surface area contributed by atoms with E-state index in [0.29, 0.717) is 10.8 Å². The molecule has 2 aromatic rings. The standard InChI is InChI=1S/C17H18ClFN2O4S/c1-26(23,24)21(15-6-4-14(19)5-7-15)12-17(22)20-10-11-25-16-8-2-13(18)3-9-16/h2-9H,10-12H2,1H3,(H,20,22). The van der Waals surface area contributed by atoms with E-state index in [0.717, 1.165) is 22.7 Å². The minimum absolute atomic E-state index is 0.197. The van der Waals surface area contributed by atoms with E-state index in [9.17, 15) is 17.6 Å². The number of hydrogen-bond acceptors (Lipinski definition) is 4. The summed E-state index contributed by atoms with van der Waals surface area (Å²) in [6.07, 6.45) is 0.979. The molecule has 0 saturated carbocycles. The van der Waals surface area contributed by atoms with Crippen LogP contribution < -0.4 is 14.4 Å². The van der Waals surface area contributed by atoms with Crippen LogP contribution in [0.4, 0.5) is 10.1 Å². The van der Waals surface area contributed by atoms with Crippen molar-refractivity contribution in [2.75, 3.05) is 30.3 Å². The van der Waals surface area contributed by atoms with Crippen molar-refractivity contribution in [1.82, 2.24) is 5.32 Å². The Morgan fingerprint density at radius 3 is 2.35 bits per heavy atom. The summed E-state index contributed by atoms with van der Waals surface area (Å²) in [5.41, 5.74) is 0.210. The number of carbonyl (C=O) groups excluding carboxylic acids is 1. The second kappa shape index (κ2) is 8.86. The first-order valence-corrected chi connectivity index (χ1v) is 9.86. The van der Waals surface area contributed by atoms with Crippen LogP contribution in [-0.2, 0) is 14.8 Å². The smallest absolute Gasteiger partial charge is 0.240 e. The van der Waals surface area contributed by atoms with Gasteiger partial charge < -0.3 is 10.1 Å². The van der Waals surface area contributed by atoms with Gasteiger partial charge in [0, 0.05) is 5.02 Å². The molecule has 0 unspecified atom stereocenters. The molecule has 0 heterocycles. The zero-order valence-corrected chi connectivity index (χ0v) is 15.6. The zero-order valence-electron chi connectivity index (χ0n) is 14.0. The normalized spacial score (nSPS) is 11.0. The highest BCUT2D eigenvalue weighted by Gasteiger charge is 2.20. The van der Waals surface area contributed by atoms with Crippen LogP contribution in [-0.4, -0.2) is 40.3 Å². The van der Waals surface area contributed by atoms with Crippen molar-refractivity contribution >= 4 is 33.2 Å². The number of benzene rings is 2. The van der Waals surface area contributed by atoms with Gasteiger partial charge in [-0.05, 0) is 48.5 Å². The molecule has 1 amide bonds. The maximum Gasteiger partial charge on any atom is 0.240 e. The van der Waals surface area contributed by atoms with Gasteiger partial charge in [0.2, 0.25) is 15.9 Å². The molecule has 0 saturated heterocycles. The fourth-order valence-electron chi connectivity index (χ4n) is 2.08. The molecule has 0 aliphatic rings. The first-order valence-electron chi connectivity index (χ1n) is 7.64. The predicted octanol–water partition coefficient (Wildman–Crippen LogP) is 2.44. The lowest BCUT2D eigenvalue weighted by molar-refractivity contribution is -0.119. The molecular formula is C17H18ClFN2O4S. The maximum absolute atomic E-state index is 13.0. The summed E-state index contributed by atoms with van der Waals surface area (Å²) in [7, 11) is -3.70. The van der Waals surface area contributed by atoms with Gasteiger partial charge in [-0.1, -0.05) is 11.6 Å². The number of hydrogen-bond donors (Lipinski definition) is 1. The largest absolute Gasteiger partial charge is 0.492 e. The lowest BCUT2D eigenvalue weighted by Gasteiger charge is -2.21. The minimum Gasteiger partial charge on any atom is -0.492 e. The van der Waals surface area contributed by atoms with Gasteiger partial charge in [0.1, 0.15) is 24.7 Å². The number of nitrogens with one attached hydrogen (secondary N) is 1. The highest BCUT2D eigenvalue weighted by atomic mass is 35.5. The van der Waals surface area contributed by atoms with Crippen molar-refractivity contribution in [3.05, 3.63) is 59.4 Å². The van der Waals surface area contributed by atoms with E-state index in [-0.39, 0.29) is 18.8 Å². The van der Waals surface area contributed by atoms with Crippen LogP contribution in [0, 0.1) is 5.82 Å². The van der Waals surface area contributed by atoms with Gasteiger partial charge in [-0.2, -0.15) is 0 Å². The SMILES string of the molecule is CS(=O)(=O)N(CC(=O)NCCOc1ccc(Cl)cc1)c1ccc(F)cc1. The second-order valence-corrected chi connectivity index (χ2v) is 7.74. The number of sulfonamides is 1. The third kappa shape index (κ3) is 6.20. The Bertz CT molecular complexity index is 842. The molecule has 1 N–H and O–H groups in total. The van der Waals surface area contributed by atoms with Crippen molar-refractivity contribution in [3.63, 3.8) is 0 Å². The molecule has 6 nitrogen and oxygen atoms in total. The summed E-state index contributed by atoms with van der Waals surface area (Å²) in [6.45, 7) is -0.00329. The molecule has 0 aromatic heterocycles. The van der Waals surface area contributed by atoms with Crippen LogP contribution in [0.5, 0.6) is 5.75 Å². The molecule has 0 aliphatic carbocycles. The number of halogens is 2. The number of nitrogens with zero attached hydrogens (tertiary/aromatic N) is 1. The number of anilines is 1. The van der Waals surface area contributed by atoms with Gasteiger partial charge >= 0.3 is 0 Å². The van der Waals surface area contributed by atoms with Crippen molar-refractivity contribution in [2.24, 2.45) is 0 Å². The first kappa shape index (κ1) is 20.0. The third-order valence-corrected chi connectivity index (χ3v) is 4.70. The van der Waals surface area contributed by atoms with Crippen LogP contribution in [0.1, 0.15) is 0 Å². The fourth-order valence-corrected chi connectivity index (χ4v) is 3.07. The summed E-state index contributed by atoms with van der Waals surface area (Å²) < 4.78 is 43.2. The number of rotatable bonds is 8. The van der Waals surface area contributed by atoms with E-state index >= 15 is 0 Å². The van der Waals surface area contributed by atoms with Crippen LogP contribution in [0.2, 0.25) is 5.02 Å². The van der Waals surface area contributed by atoms with Crippen molar-refractivity contribution in [2.45, 2.75) is 0 Å². The third-order valence-electron chi connectivity index (χ3n) is 3.31. The van der Waals surface area contributed by atoms with Gasteiger partial charge in [0.05, 0.1) is 18.5 Å². The molecule has 2 aromatic carbocycles. The van der Waals surface area contributed by atoms with E-state index in [1.165, 1.54) is 12.1 Å². The molecule has 0 spiro atoms. The Labute approximate surface area is 156 Å².